The van der Waals surface area contributed by atoms with Gasteiger partial charge in [0.2, 0.25) is 0 Å². The van der Waals surface area contributed by atoms with Crippen LogP contribution in [0.2, 0.25) is 0 Å². The first-order valence-electron chi connectivity index (χ1n) is 19.3. The summed E-state index contributed by atoms with van der Waals surface area (Å²) in [4.78, 5) is 14.0. The topological polar surface area (TPSA) is 131 Å². The van der Waals surface area contributed by atoms with E-state index in [1.54, 1.807) is 6.08 Å². The van der Waals surface area contributed by atoms with Crippen molar-refractivity contribution in [3.8, 4) is 5.75 Å². The van der Waals surface area contributed by atoms with E-state index in [9.17, 15) is 30.3 Å². The number of epoxide rings is 1. The summed E-state index contributed by atoms with van der Waals surface area (Å²) < 4.78 is 6.40. The number of hydrogen-bond donors (Lipinski definition) is 5. The minimum atomic E-state index is -1.34. The third-order valence-corrected chi connectivity index (χ3v) is 14.9. The van der Waals surface area contributed by atoms with Crippen molar-refractivity contribution >= 4 is 5.78 Å². The van der Waals surface area contributed by atoms with Crippen LogP contribution < -0.4 is 0 Å². The van der Waals surface area contributed by atoms with E-state index in [1.165, 1.54) is 0 Å². The molecule has 1 aromatic carbocycles. The van der Waals surface area contributed by atoms with Gasteiger partial charge in [0.15, 0.2) is 5.78 Å². The Kier molecular flexibility index (Phi) is 8.87. The first kappa shape index (κ1) is 35.4. The van der Waals surface area contributed by atoms with Crippen LogP contribution in [0.25, 0.3) is 0 Å². The zero-order chi connectivity index (χ0) is 35.3. The molecule has 4 fully saturated rings. The highest BCUT2D eigenvalue weighted by molar-refractivity contribution is 5.95. The quantitative estimate of drug-likeness (QED) is 0.158. The maximum atomic E-state index is 14.0. The smallest absolute Gasteiger partial charge is 0.159 e. The molecule has 0 aromatic heterocycles. The number of aliphatic hydroxyl groups is 4. The van der Waals surface area contributed by atoms with Gasteiger partial charge in [-0.2, -0.15) is 0 Å². The first-order valence-corrected chi connectivity index (χ1v) is 19.3. The average molecular weight is 677 g/mol. The van der Waals surface area contributed by atoms with Crippen LogP contribution in [-0.2, 0) is 22.4 Å². The fraction of sp³-hybridized carbons (Fsp3) is 0.738. The van der Waals surface area contributed by atoms with E-state index in [2.05, 4.69) is 59.8 Å². The molecule has 0 radical (unpaired) electrons. The highest BCUT2D eigenvalue weighted by atomic mass is 16.6. The van der Waals surface area contributed by atoms with Crippen molar-refractivity contribution in [2.45, 2.75) is 141 Å². The summed E-state index contributed by atoms with van der Waals surface area (Å²) in [6.07, 6.45) is 9.78. The number of phenols is 1. The number of aromatic hydroxyl groups is 1. The van der Waals surface area contributed by atoms with Crippen LogP contribution in [0.5, 0.6) is 5.75 Å². The molecular weight excluding hydrogens is 616 g/mol. The number of hydrogen-bond acceptors (Lipinski definition) is 7. The SMILES string of the molecule is CC(C)CCc1cc(O)cc(CC[C@@]23[C@@H]4C=CC[C@](O)([C@@H]5O[C@H]5[C@H](C)C(C)C)[C@H]2CC[C@@]3(O)C2=CC(=O)[C@@H]3C[C@@H](O)[C@@H](O)C[C@]3(C)[C@H]2C4)c1. The lowest BCUT2D eigenvalue weighted by molar-refractivity contribution is -0.182. The largest absolute Gasteiger partial charge is 0.508 e. The van der Waals surface area contributed by atoms with Gasteiger partial charge in [-0.3, -0.25) is 4.79 Å². The second kappa shape index (κ2) is 12.3. The molecule has 1 aromatic rings. The number of carbonyl (C=O) groups excluding carboxylic acids is 1. The van der Waals surface area contributed by atoms with Crippen molar-refractivity contribution in [1.82, 2.24) is 0 Å². The maximum Gasteiger partial charge on any atom is 0.159 e. The first-order chi connectivity index (χ1) is 23.0. The maximum absolute atomic E-state index is 14.0. The Morgan fingerprint density at radius 2 is 1.67 bits per heavy atom. The van der Waals surface area contributed by atoms with Gasteiger partial charge in [0, 0.05) is 17.3 Å². The predicted octanol–water partition coefficient (Wildman–Crippen LogP) is 6.07. The van der Waals surface area contributed by atoms with Crippen molar-refractivity contribution in [3.63, 3.8) is 0 Å². The molecule has 1 heterocycles. The van der Waals surface area contributed by atoms with Crippen LogP contribution >= 0.6 is 0 Å². The number of phenolic OH excluding ortho intramolecular Hbond substituents is 1. The highest BCUT2D eigenvalue weighted by Crippen LogP contribution is 2.73. The third-order valence-electron chi connectivity index (χ3n) is 14.9. The number of rotatable bonds is 9. The van der Waals surface area contributed by atoms with Gasteiger partial charge in [0.1, 0.15) is 17.5 Å². The highest BCUT2D eigenvalue weighted by Gasteiger charge is 2.75. The Morgan fingerprint density at radius 3 is 2.37 bits per heavy atom. The van der Waals surface area contributed by atoms with E-state index in [0.717, 1.165) is 29.5 Å². The molecular formula is C42H60O7. The number of aliphatic hydroxyl groups excluding tert-OH is 2. The van der Waals surface area contributed by atoms with Gasteiger partial charge in [-0.1, -0.05) is 59.8 Å². The van der Waals surface area contributed by atoms with Gasteiger partial charge in [0.05, 0.1) is 23.9 Å². The summed E-state index contributed by atoms with van der Waals surface area (Å²) in [5.74, 6) is 0.541. The molecule has 7 nitrogen and oxygen atoms in total. The molecule has 5 N–H and O–H groups in total. The molecule has 0 amide bonds. The standard InChI is InChI=1S/C42H60O7/c1-23(2)9-10-26-16-27(18-29(43)17-26)11-14-40-28-8-7-13-41(47,38-37(49-38)25(5)24(3)4)36(40)12-15-42(40,48)31-20-33(44)32-21-34(45)35(46)22-39(32,6)30(31)19-28/h7-8,16-18,20,23-25,28,30,32,34-38,43,45-48H,9-15,19,21-22H2,1-6H3/t25-,28-,30+,32+,34-,35+,36+,37+,38-,39-,40-,41-,42-/m1/s1. The van der Waals surface area contributed by atoms with Crippen LogP contribution in [0.1, 0.15) is 104 Å². The number of fused-ring (bicyclic) bond motifs is 4. The van der Waals surface area contributed by atoms with Gasteiger partial charge >= 0.3 is 0 Å². The molecule has 7 heteroatoms. The van der Waals surface area contributed by atoms with Crippen molar-refractivity contribution in [2.75, 3.05) is 0 Å². The van der Waals surface area contributed by atoms with Crippen LogP contribution in [0.3, 0.4) is 0 Å². The summed E-state index contributed by atoms with van der Waals surface area (Å²) in [7, 11) is 0. The second-order valence-corrected chi connectivity index (χ2v) is 18.2. The number of carbonyl (C=O) groups is 1. The summed E-state index contributed by atoms with van der Waals surface area (Å²) in [5.41, 5.74) is -0.979. The van der Waals surface area contributed by atoms with E-state index in [1.807, 2.05) is 12.1 Å². The normalized spacial score (nSPS) is 44.7. The van der Waals surface area contributed by atoms with E-state index >= 15 is 0 Å². The number of ketones is 1. The fourth-order valence-corrected chi connectivity index (χ4v) is 11.8. The summed E-state index contributed by atoms with van der Waals surface area (Å²) >= 11 is 0. The van der Waals surface area contributed by atoms with Crippen molar-refractivity contribution in [3.05, 3.63) is 53.1 Å². The summed E-state index contributed by atoms with van der Waals surface area (Å²) in [6.45, 7) is 13.1. The van der Waals surface area contributed by atoms with Gasteiger partial charge in [0.25, 0.3) is 0 Å². The predicted molar refractivity (Wildman–Crippen MR) is 189 cm³/mol. The van der Waals surface area contributed by atoms with Crippen LogP contribution in [0.4, 0.5) is 0 Å². The molecule has 270 valence electrons. The minimum Gasteiger partial charge on any atom is -0.508 e. The molecule has 6 aliphatic rings. The molecule has 0 bridgehead atoms. The Morgan fingerprint density at radius 1 is 0.959 bits per heavy atom. The second-order valence-electron chi connectivity index (χ2n) is 18.2. The van der Waals surface area contributed by atoms with E-state index in [4.69, 9.17) is 4.74 Å². The van der Waals surface area contributed by atoms with Crippen molar-refractivity contribution in [2.24, 2.45) is 52.3 Å². The number of ether oxygens (including phenoxy) is 1. The fourth-order valence-electron chi connectivity index (χ4n) is 11.8. The summed E-state index contributed by atoms with van der Waals surface area (Å²) in [6, 6.07) is 5.89. The number of benzene rings is 1. The Balaban J connectivity index is 1.32. The van der Waals surface area contributed by atoms with Crippen LogP contribution in [0, 0.1) is 52.3 Å². The molecule has 3 saturated carbocycles. The van der Waals surface area contributed by atoms with E-state index < -0.39 is 40.2 Å². The molecule has 7 rings (SSSR count). The van der Waals surface area contributed by atoms with Gasteiger partial charge in [-0.25, -0.2) is 0 Å². The molecule has 1 saturated heterocycles. The van der Waals surface area contributed by atoms with Gasteiger partial charge in [-0.05, 0) is 134 Å². The number of allylic oxidation sites excluding steroid dienone is 2. The Hall–Kier alpha value is -2.03. The molecule has 0 spiro atoms. The summed E-state index contributed by atoms with van der Waals surface area (Å²) in [5, 5.41) is 58.8. The molecule has 13 atom stereocenters. The monoisotopic (exact) mass is 676 g/mol. The van der Waals surface area contributed by atoms with Crippen molar-refractivity contribution in [1.29, 1.82) is 0 Å². The third kappa shape index (κ3) is 5.43. The van der Waals surface area contributed by atoms with E-state index in [-0.39, 0.29) is 53.8 Å². The van der Waals surface area contributed by atoms with Gasteiger partial charge in [-0.15, -0.1) is 0 Å². The van der Waals surface area contributed by atoms with E-state index in [0.29, 0.717) is 56.8 Å². The molecule has 1 aliphatic heterocycles. The average Bonchev–Trinajstić information content (AvgIpc) is 3.79. The van der Waals surface area contributed by atoms with Crippen molar-refractivity contribution < 1.29 is 35.1 Å². The Labute approximate surface area is 292 Å². The molecule has 5 aliphatic carbocycles. The van der Waals surface area contributed by atoms with Gasteiger partial charge < -0.3 is 30.3 Å². The van der Waals surface area contributed by atoms with Crippen LogP contribution in [-0.4, -0.2) is 66.9 Å². The molecule has 0 unspecified atom stereocenters. The molecule has 49 heavy (non-hydrogen) atoms. The lowest BCUT2D eigenvalue weighted by Crippen LogP contribution is -2.66. The lowest BCUT2D eigenvalue weighted by atomic mass is 9.42. The Bertz CT molecular complexity index is 1510. The lowest BCUT2D eigenvalue weighted by Gasteiger charge is -2.63. The zero-order valence-corrected chi connectivity index (χ0v) is 30.4. The van der Waals surface area contributed by atoms with Crippen LogP contribution in [0.15, 0.2) is 42.0 Å². The number of aryl methyl sites for hydroxylation is 2. The minimum absolute atomic E-state index is 0.0445. The zero-order valence-electron chi connectivity index (χ0n) is 30.4.